The predicted molar refractivity (Wildman–Crippen MR) is 72.6 cm³/mol. The van der Waals surface area contributed by atoms with Crippen LogP contribution in [0, 0.1) is 0 Å². The number of fused-ring (bicyclic) bond motifs is 1. The van der Waals surface area contributed by atoms with Crippen LogP contribution in [0.15, 0.2) is 29.4 Å². The molecule has 1 aromatic carbocycles. The van der Waals surface area contributed by atoms with Gasteiger partial charge in [-0.05, 0) is 30.5 Å². The normalized spacial score (nSPS) is 16.1. The minimum atomic E-state index is -0.623. The Labute approximate surface area is 116 Å². The summed E-state index contributed by atoms with van der Waals surface area (Å²) in [7, 11) is 0. The van der Waals surface area contributed by atoms with Crippen LogP contribution in [0.4, 0.5) is 0 Å². The lowest BCUT2D eigenvalue weighted by Crippen LogP contribution is -2.44. The molecule has 1 aromatic rings. The van der Waals surface area contributed by atoms with Gasteiger partial charge in [0.1, 0.15) is 6.61 Å². The molecule has 1 unspecified atom stereocenters. The highest BCUT2D eigenvalue weighted by Gasteiger charge is 2.26. The maximum absolute atomic E-state index is 11.9. The second-order valence-corrected chi connectivity index (χ2v) is 4.32. The summed E-state index contributed by atoms with van der Waals surface area (Å²) < 4.78 is 11.1. The van der Waals surface area contributed by atoms with Crippen LogP contribution in [0.25, 0.3) is 10.4 Å². The van der Waals surface area contributed by atoms with Crippen molar-refractivity contribution in [1.82, 2.24) is 5.32 Å². The van der Waals surface area contributed by atoms with Crippen molar-refractivity contribution in [1.29, 1.82) is 0 Å². The van der Waals surface area contributed by atoms with Gasteiger partial charge in [0.25, 0.3) is 5.91 Å². The van der Waals surface area contributed by atoms with Crippen LogP contribution < -0.4 is 14.8 Å². The van der Waals surface area contributed by atoms with E-state index in [1.54, 1.807) is 12.1 Å². The van der Waals surface area contributed by atoms with Gasteiger partial charge in [-0.15, -0.1) is 0 Å². The van der Waals surface area contributed by atoms with Gasteiger partial charge in [0.05, 0.1) is 0 Å². The quantitative estimate of drug-likeness (QED) is 0.372. The lowest BCUT2D eigenvalue weighted by Gasteiger charge is -2.25. The van der Waals surface area contributed by atoms with E-state index in [0.29, 0.717) is 24.6 Å². The smallest absolute Gasteiger partial charge is 0.264 e. The van der Waals surface area contributed by atoms with Crippen LogP contribution in [-0.4, -0.2) is 31.7 Å². The standard InChI is InChI=1S/C13H16N4O3/c14-17-16-8-4-3-7-15-13(18)12-9-19-10-5-1-2-6-11(10)20-12/h1-2,5-6,12H,3-4,7-9H2,(H,15,18). The van der Waals surface area contributed by atoms with Gasteiger partial charge in [-0.2, -0.15) is 0 Å². The van der Waals surface area contributed by atoms with Gasteiger partial charge in [0, 0.05) is 18.0 Å². The Kier molecular flexibility index (Phi) is 5.08. The summed E-state index contributed by atoms with van der Waals surface area (Å²) in [4.78, 5) is 14.6. The van der Waals surface area contributed by atoms with Crippen LogP contribution in [0.1, 0.15) is 12.8 Å². The third-order valence-electron chi connectivity index (χ3n) is 2.85. The number of unbranched alkanes of at least 4 members (excludes halogenated alkanes) is 1. The zero-order chi connectivity index (χ0) is 14.2. The van der Waals surface area contributed by atoms with Crippen molar-refractivity contribution in [2.24, 2.45) is 5.11 Å². The van der Waals surface area contributed by atoms with Gasteiger partial charge in [0.15, 0.2) is 11.5 Å². The maximum Gasteiger partial charge on any atom is 0.264 e. The average Bonchev–Trinajstić information content (AvgIpc) is 2.50. The van der Waals surface area contributed by atoms with E-state index in [1.165, 1.54) is 0 Å². The Bertz CT molecular complexity index is 514. The first-order valence-corrected chi connectivity index (χ1v) is 6.48. The molecule has 0 saturated heterocycles. The number of rotatable bonds is 6. The monoisotopic (exact) mass is 276 g/mol. The summed E-state index contributed by atoms with van der Waals surface area (Å²) in [5.74, 6) is 1.05. The molecule has 106 valence electrons. The molecule has 1 atom stereocenters. The number of nitrogens with one attached hydrogen (secondary N) is 1. The number of hydrogen-bond donors (Lipinski definition) is 1. The SMILES string of the molecule is [N-]=[N+]=NCCCCNC(=O)C1COc2ccccc2O1. The zero-order valence-corrected chi connectivity index (χ0v) is 11.0. The number of amides is 1. The Morgan fingerprint density at radius 3 is 3.00 bits per heavy atom. The first kappa shape index (κ1) is 14.0. The zero-order valence-electron chi connectivity index (χ0n) is 11.0. The minimum absolute atomic E-state index is 0.191. The van der Waals surface area contributed by atoms with Crippen LogP contribution in [-0.2, 0) is 4.79 Å². The van der Waals surface area contributed by atoms with Gasteiger partial charge in [0.2, 0.25) is 6.10 Å². The number of para-hydroxylation sites is 2. The molecule has 1 heterocycles. The van der Waals surface area contributed by atoms with E-state index in [2.05, 4.69) is 15.3 Å². The van der Waals surface area contributed by atoms with E-state index < -0.39 is 6.10 Å². The fourth-order valence-corrected chi connectivity index (χ4v) is 1.83. The van der Waals surface area contributed by atoms with Gasteiger partial charge < -0.3 is 14.8 Å². The molecule has 1 N–H and O–H groups in total. The van der Waals surface area contributed by atoms with Crippen LogP contribution in [0.5, 0.6) is 11.5 Å². The first-order chi connectivity index (χ1) is 9.81. The van der Waals surface area contributed by atoms with Crippen molar-refractivity contribution in [3.05, 3.63) is 34.7 Å². The first-order valence-electron chi connectivity index (χ1n) is 6.48. The highest BCUT2D eigenvalue weighted by atomic mass is 16.6. The fraction of sp³-hybridized carbons (Fsp3) is 0.462. The van der Waals surface area contributed by atoms with E-state index in [0.717, 1.165) is 12.8 Å². The number of azide groups is 1. The summed E-state index contributed by atoms with van der Waals surface area (Å²) in [5.41, 5.74) is 8.12. The van der Waals surface area contributed by atoms with E-state index in [1.807, 2.05) is 12.1 Å². The molecule has 20 heavy (non-hydrogen) atoms. The van der Waals surface area contributed by atoms with Crippen molar-refractivity contribution in [2.75, 3.05) is 19.7 Å². The molecule has 2 rings (SSSR count). The Balaban J connectivity index is 1.73. The molecule has 0 aromatic heterocycles. The molecular weight excluding hydrogens is 260 g/mol. The molecule has 0 spiro atoms. The van der Waals surface area contributed by atoms with E-state index >= 15 is 0 Å². The molecule has 0 bridgehead atoms. The van der Waals surface area contributed by atoms with E-state index in [-0.39, 0.29) is 12.5 Å². The van der Waals surface area contributed by atoms with Crippen molar-refractivity contribution >= 4 is 5.91 Å². The molecular formula is C13H16N4O3. The van der Waals surface area contributed by atoms with Crippen molar-refractivity contribution in [3.63, 3.8) is 0 Å². The third kappa shape index (κ3) is 3.80. The molecule has 1 aliphatic heterocycles. The highest BCUT2D eigenvalue weighted by molar-refractivity contribution is 5.81. The molecule has 0 saturated carbocycles. The highest BCUT2D eigenvalue weighted by Crippen LogP contribution is 2.30. The summed E-state index contributed by atoms with van der Waals surface area (Å²) in [6.07, 6.45) is 0.881. The lowest BCUT2D eigenvalue weighted by molar-refractivity contribution is -0.130. The Morgan fingerprint density at radius 1 is 1.40 bits per heavy atom. The van der Waals surface area contributed by atoms with Crippen molar-refractivity contribution < 1.29 is 14.3 Å². The van der Waals surface area contributed by atoms with Crippen LogP contribution >= 0.6 is 0 Å². The Morgan fingerprint density at radius 2 is 2.20 bits per heavy atom. The lowest BCUT2D eigenvalue weighted by atomic mass is 10.2. The second kappa shape index (κ2) is 7.25. The molecule has 0 radical (unpaired) electrons. The van der Waals surface area contributed by atoms with E-state index in [9.17, 15) is 4.79 Å². The maximum atomic E-state index is 11.9. The average molecular weight is 276 g/mol. The molecule has 7 nitrogen and oxygen atoms in total. The number of ether oxygens (including phenoxy) is 2. The van der Waals surface area contributed by atoms with Gasteiger partial charge in [-0.25, -0.2) is 0 Å². The largest absolute Gasteiger partial charge is 0.485 e. The van der Waals surface area contributed by atoms with E-state index in [4.69, 9.17) is 15.0 Å². The summed E-state index contributed by atoms with van der Waals surface area (Å²) >= 11 is 0. The molecule has 7 heteroatoms. The number of nitrogens with zero attached hydrogens (tertiary/aromatic N) is 3. The molecule has 1 aliphatic rings. The van der Waals surface area contributed by atoms with Gasteiger partial charge in [-0.3, -0.25) is 4.79 Å². The topological polar surface area (TPSA) is 96.3 Å². The summed E-state index contributed by atoms with van der Waals surface area (Å²) in [6, 6.07) is 7.26. The van der Waals surface area contributed by atoms with Crippen LogP contribution in [0.3, 0.4) is 0 Å². The molecule has 0 fully saturated rings. The summed E-state index contributed by atoms with van der Waals surface area (Å²) in [5, 5.41) is 6.21. The second-order valence-electron chi connectivity index (χ2n) is 4.32. The summed E-state index contributed by atoms with van der Waals surface area (Å²) in [6.45, 7) is 1.19. The van der Waals surface area contributed by atoms with Crippen molar-refractivity contribution in [2.45, 2.75) is 18.9 Å². The molecule has 1 amide bonds. The van der Waals surface area contributed by atoms with Crippen molar-refractivity contribution in [3.8, 4) is 11.5 Å². The number of carbonyl (C=O) groups excluding carboxylic acids is 1. The van der Waals surface area contributed by atoms with Crippen LogP contribution in [0.2, 0.25) is 0 Å². The minimum Gasteiger partial charge on any atom is -0.485 e. The number of carbonyl (C=O) groups is 1. The molecule has 0 aliphatic carbocycles. The predicted octanol–water partition coefficient (Wildman–Crippen LogP) is 2.03. The number of benzene rings is 1. The Hall–Kier alpha value is -2.40. The third-order valence-corrected chi connectivity index (χ3v) is 2.85. The van der Waals surface area contributed by atoms with Gasteiger partial charge in [-0.1, -0.05) is 17.2 Å². The number of hydrogen-bond acceptors (Lipinski definition) is 4. The van der Waals surface area contributed by atoms with Gasteiger partial charge >= 0.3 is 0 Å². The fourth-order valence-electron chi connectivity index (χ4n) is 1.83.